The van der Waals surface area contributed by atoms with E-state index in [9.17, 15) is 8.78 Å². The van der Waals surface area contributed by atoms with Crippen molar-refractivity contribution < 1.29 is 8.78 Å². The normalized spacial score (nSPS) is 20.2. The summed E-state index contributed by atoms with van der Waals surface area (Å²) in [6.07, 6.45) is 5.59. The second kappa shape index (κ2) is 8.97. The maximum atomic E-state index is 14.2. The molecule has 1 aromatic heterocycles. The number of halogens is 2. The Morgan fingerprint density at radius 2 is 1.90 bits per heavy atom. The van der Waals surface area contributed by atoms with Crippen LogP contribution in [0.2, 0.25) is 0 Å². The lowest BCUT2D eigenvalue weighted by atomic mass is 10.2. The molecule has 2 N–H and O–H groups in total. The molecule has 2 heterocycles. The van der Waals surface area contributed by atoms with Crippen LogP contribution in [0, 0.1) is 18.6 Å². The molecule has 0 radical (unpaired) electrons. The van der Waals surface area contributed by atoms with E-state index in [1.165, 1.54) is 25.0 Å². The van der Waals surface area contributed by atoms with Gasteiger partial charge in [0.25, 0.3) is 0 Å². The summed E-state index contributed by atoms with van der Waals surface area (Å²) in [4.78, 5) is 6.70. The van der Waals surface area contributed by atoms with Crippen LogP contribution in [-0.4, -0.2) is 45.9 Å². The Balaban J connectivity index is 1.43. The lowest BCUT2D eigenvalue weighted by Crippen LogP contribution is -2.47. The quantitative estimate of drug-likeness (QED) is 0.578. The van der Waals surface area contributed by atoms with Crippen molar-refractivity contribution in [3.8, 4) is 0 Å². The van der Waals surface area contributed by atoms with Gasteiger partial charge >= 0.3 is 0 Å². The molecule has 1 aliphatic heterocycles. The number of anilines is 1. The highest BCUT2D eigenvalue weighted by Gasteiger charge is 2.26. The fourth-order valence-corrected chi connectivity index (χ4v) is 4.16. The number of aromatic nitrogens is 3. The third-order valence-corrected chi connectivity index (χ3v) is 6.04. The van der Waals surface area contributed by atoms with Crippen LogP contribution in [0.5, 0.6) is 0 Å². The van der Waals surface area contributed by atoms with Gasteiger partial charge in [-0.3, -0.25) is 0 Å². The minimum absolute atomic E-state index is 0.128. The number of hydrogen-bond donors (Lipinski definition) is 2. The van der Waals surface area contributed by atoms with E-state index in [2.05, 4.69) is 20.8 Å². The monoisotopic (exact) mass is 417 g/mol. The minimum Gasteiger partial charge on any atom is -0.367 e. The van der Waals surface area contributed by atoms with Gasteiger partial charge in [0.2, 0.25) is 0 Å². The Hall–Kier alpha value is -2.71. The van der Waals surface area contributed by atoms with Gasteiger partial charge in [-0.25, -0.2) is 13.8 Å². The van der Waals surface area contributed by atoms with Gasteiger partial charge in [-0.2, -0.15) is 0 Å². The average Bonchev–Trinajstić information content (AvgIpc) is 3.45. The Bertz CT molecular complexity index is 905. The number of rotatable bonds is 5. The fourth-order valence-electron chi connectivity index (χ4n) is 4.16. The summed E-state index contributed by atoms with van der Waals surface area (Å²) in [5.41, 5.74) is 0.442. The molecule has 162 valence electrons. The van der Waals surface area contributed by atoms with Gasteiger partial charge in [0, 0.05) is 38.3 Å². The molecule has 1 unspecified atom stereocenters. The Kier molecular flexibility index (Phi) is 6.15. The average molecular weight is 418 g/mol. The number of nitrogens with one attached hydrogen (secondary N) is 2. The summed E-state index contributed by atoms with van der Waals surface area (Å²) in [5, 5.41) is 15.3. The topological polar surface area (TPSA) is 70.4 Å². The minimum atomic E-state index is -0.556. The highest BCUT2D eigenvalue weighted by molar-refractivity contribution is 5.80. The predicted octanol–water partition coefficient (Wildman–Crippen LogP) is 2.66. The molecule has 2 fully saturated rings. The van der Waals surface area contributed by atoms with Gasteiger partial charge in [-0.05, 0) is 38.3 Å². The summed E-state index contributed by atoms with van der Waals surface area (Å²) < 4.78 is 29.3. The van der Waals surface area contributed by atoms with Crippen molar-refractivity contribution in [3.63, 3.8) is 0 Å². The van der Waals surface area contributed by atoms with Crippen molar-refractivity contribution in [2.24, 2.45) is 12.0 Å². The van der Waals surface area contributed by atoms with Crippen molar-refractivity contribution in [1.82, 2.24) is 25.4 Å². The van der Waals surface area contributed by atoms with Crippen LogP contribution in [0.1, 0.15) is 43.8 Å². The van der Waals surface area contributed by atoms with Crippen LogP contribution in [0.25, 0.3) is 0 Å². The molecular weight excluding hydrogens is 388 g/mol. The molecule has 1 saturated heterocycles. The number of nitrogens with zero attached hydrogens (tertiary/aromatic N) is 5. The molecule has 2 aromatic rings. The Morgan fingerprint density at radius 3 is 2.60 bits per heavy atom. The van der Waals surface area contributed by atoms with Crippen LogP contribution >= 0.6 is 0 Å². The first-order valence-electron chi connectivity index (χ1n) is 10.6. The molecule has 1 aromatic carbocycles. The predicted molar refractivity (Wildman–Crippen MR) is 112 cm³/mol. The van der Waals surface area contributed by atoms with Crippen molar-refractivity contribution in [2.75, 3.05) is 18.0 Å². The Morgan fingerprint density at radius 1 is 1.13 bits per heavy atom. The first kappa shape index (κ1) is 20.6. The number of aliphatic imine (C=N–C) groups is 1. The summed E-state index contributed by atoms with van der Waals surface area (Å²) >= 11 is 0. The molecule has 0 spiro atoms. The van der Waals surface area contributed by atoms with Gasteiger partial charge in [0.05, 0.1) is 5.69 Å². The third-order valence-electron chi connectivity index (χ3n) is 6.04. The van der Waals surface area contributed by atoms with E-state index < -0.39 is 11.6 Å². The van der Waals surface area contributed by atoms with Crippen molar-refractivity contribution >= 4 is 11.6 Å². The number of hydrogen-bond acceptors (Lipinski definition) is 4. The standard InChI is InChI=1S/C21H29F2N7/c1-14-27-28-20(29(14)2)12-24-21(25-16-5-3-4-6-16)26-17-9-10-30(13-17)19-8-7-15(22)11-18(19)23/h7-8,11,16-17H,3-6,9-10,12-13H2,1-2H3,(H2,24,25,26). The van der Waals surface area contributed by atoms with Crippen molar-refractivity contribution in [2.45, 2.75) is 57.7 Å². The molecular formula is C21H29F2N7. The first-order chi connectivity index (χ1) is 14.5. The van der Waals surface area contributed by atoms with Crippen LogP contribution < -0.4 is 15.5 Å². The lowest BCUT2D eigenvalue weighted by molar-refractivity contribution is 0.577. The van der Waals surface area contributed by atoms with Gasteiger partial charge in [0.15, 0.2) is 11.8 Å². The van der Waals surface area contributed by atoms with Gasteiger partial charge in [-0.15, -0.1) is 10.2 Å². The molecule has 30 heavy (non-hydrogen) atoms. The molecule has 1 atom stereocenters. The summed E-state index contributed by atoms with van der Waals surface area (Å²) in [5.74, 6) is 1.34. The maximum absolute atomic E-state index is 14.2. The molecule has 1 saturated carbocycles. The van der Waals surface area contributed by atoms with Crippen LogP contribution in [0.15, 0.2) is 23.2 Å². The maximum Gasteiger partial charge on any atom is 0.192 e. The molecule has 4 rings (SSSR count). The van der Waals surface area contributed by atoms with Crippen LogP contribution in [0.3, 0.4) is 0 Å². The van der Waals surface area contributed by atoms with E-state index in [0.29, 0.717) is 31.4 Å². The van der Waals surface area contributed by atoms with Gasteiger partial charge in [0.1, 0.15) is 24.0 Å². The van der Waals surface area contributed by atoms with Gasteiger partial charge in [-0.1, -0.05) is 12.8 Å². The zero-order valence-corrected chi connectivity index (χ0v) is 17.5. The van der Waals surface area contributed by atoms with E-state index in [-0.39, 0.29) is 6.04 Å². The van der Waals surface area contributed by atoms with E-state index in [0.717, 1.165) is 42.9 Å². The zero-order valence-electron chi connectivity index (χ0n) is 17.5. The number of aryl methyl sites for hydroxylation is 1. The zero-order chi connectivity index (χ0) is 21.1. The molecule has 0 amide bonds. The molecule has 7 nitrogen and oxygen atoms in total. The van der Waals surface area contributed by atoms with E-state index in [1.54, 1.807) is 0 Å². The largest absolute Gasteiger partial charge is 0.367 e. The smallest absolute Gasteiger partial charge is 0.192 e. The molecule has 0 bridgehead atoms. The fraction of sp³-hybridized carbons (Fsp3) is 0.571. The molecule has 2 aliphatic rings. The highest BCUT2D eigenvalue weighted by Crippen LogP contribution is 2.24. The van der Waals surface area contributed by atoms with Crippen LogP contribution in [-0.2, 0) is 13.6 Å². The molecule has 9 heteroatoms. The first-order valence-corrected chi connectivity index (χ1v) is 10.6. The van der Waals surface area contributed by atoms with Crippen molar-refractivity contribution in [1.29, 1.82) is 0 Å². The Labute approximate surface area is 175 Å². The number of benzene rings is 1. The second-order valence-corrected chi connectivity index (χ2v) is 8.18. The summed E-state index contributed by atoms with van der Waals surface area (Å²) in [6.45, 7) is 3.69. The highest BCUT2D eigenvalue weighted by atomic mass is 19.1. The number of guanidine groups is 1. The summed E-state index contributed by atoms with van der Waals surface area (Å²) in [6, 6.07) is 4.30. The molecule has 1 aliphatic carbocycles. The van der Waals surface area contributed by atoms with Crippen molar-refractivity contribution in [3.05, 3.63) is 41.5 Å². The van der Waals surface area contributed by atoms with E-state index >= 15 is 0 Å². The van der Waals surface area contributed by atoms with E-state index in [1.807, 2.05) is 23.4 Å². The van der Waals surface area contributed by atoms with E-state index in [4.69, 9.17) is 4.99 Å². The summed E-state index contributed by atoms with van der Waals surface area (Å²) in [7, 11) is 1.93. The lowest BCUT2D eigenvalue weighted by Gasteiger charge is -2.22. The van der Waals surface area contributed by atoms with Gasteiger partial charge < -0.3 is 20.1 Å². The third kappa shape index (κ3) is 4.71. The SMILES string of the molecule is Cc1nnc(CN=C(NC2CCCC2)NC2CCN(c3ccc(F)cc3F)C2)n1C. The second-order valence-electron chi connectivity index (χ2n) is 8.18. The van der Waals surface area contributed by atoms with Crippen LogP contribution in [0.4, 0.5) is 14.5 Å².